The summed E-state index contributed by atoms with van der Waals surface area (Å²) in [5.74, 6) is 0.772. The van der Waals surface area contributed by atoms with Crippen LogP contribution in [0.5, 0.6) is 0 Å². The van der Waals surface area contributed by atoms with Gasteiger partial charge in [-0.3, -0.25) is 4.99 Å². The average molecular weight is 396 g/mol. The van der Waals surface area contributed by atoms with Gasteiger partial charge in [-0.15, -0.1) is 12.4 Å². The van der Waals surface area contributed by atoms with E-state index in [1.54, 1.807) is 36.4 Å². The molecule has 140 valence electrons. The fourth-order valence-electron chi connectivity index (χ4n) is 1.99. The van der Waals surface area contributed by atoms with Gasteiger partial charge >= 0.3 is 6.03 Å². The van der Waals surface area contributed by atoms with Crippen molar-refractivity contribution in [3.05, 3.63) is 53.6 Å². The average Bonchev–Trinajstić information content (AvgIpc) is 2.55. The molecule has 2 aromatic carbocycles. The first-order valence-electron chi connectivity index (χ1n) is 7.93. The number of hydrogen-bond acceptors (Lipinski definition) is 2. The number of nitrogens with one attached hydrogen (secondary N) is 3. The Balaban J connectivity index is 0.00000338. The molecule has 0 atom stereocenters. The second-order valence-corrected chi connectivity index (χ2v) is 6.29. The number of hydrogen-bond donors (Lipinski definition) is 4. The summed E-state index contributed by atoms with van der Waals surface area (Å²) < 4.78 is 0. The zero-order valence-corrected chi connectivity index (χ0v) is 16.2. The lowest BCUT2D eigenvalue weighted by atomic mass is 10.2. The van der Waals surface area contributed by atoms with Crippen molar-refractivity contribution in [3.8, 4) is 0 Å². The van der Waals surface area contributed by atoms with E-state index in [0.29, 0.717) is 34.8 Å². The number of benzene rings is 2. The Morgan fingerprint density at radius 2 is 1.73 bits per heavy atom. The molecule has 0 aliphatic rings. The van der Waals surface area contributed by atoms with Gasteiger partial charge in [0, 0.05) is 17.9 Å². The molecule has 0 radical (unpaired) electrons. The molecule has 0 aromatic heterocycles. The minimum atomic E-state index is -0.383. The van der Waals surface area contributed by atoms with Gasteiger partial charge in [0.25, 0.3) is 0 Å². The number of carbonyl (C=O) groups excluding carboxylic acids is 1. The molecule has 0 saturated heterocycles. The summed E-state index contributed by atoms with van der Waals surface area (Å²) >= 11 is 6.03. The normalized spacial score (nSPS) is 10.8. The predicted octanol–water partition coefficient (Wildman–Crippen LogP) is 4.79. The fraction of sp³-hybridized carbons (Fsp3) is 0.222. The molecule has 2 aromatic rings. The highest BCUT2D eigenvalue weighted by molar-refractivity contribution is 6.33. The van der Waals surface area contributed by atoms with Crippen LogP contribution in [0.25, 0.3) is 0 Å². The monoisotopic (exact) mass is 395 g/mol. The maximum atomic E-state index is 12.1. The Bertz CT molecular complexity index is 765. The molecule has 0 fully saturated rings. The summed E-state index contributed by atoms with van der Waals surface area (Å²) in [7, 11) is 0. The van der Waals surface area contributed by atoms with E-state index in [0.717, 1.165) is 5.69 Å². The van der Waals surface area contributed by atoms with E-state index in [2.05, 4.69) is 34.8 Å². The summed E-state index contributed by atoms with van der Waals surface area (Å²) in [6, 6.07) is 13.8. The molecule has 0 spiro atoms. The van der Waals surface area contributed by atoms with Gasteiger partial charge in [0.1, 0.15) is 0 Å². The maximum absolute atomic E-state index is 12.1. The quantitative estimate of drug-likeness (QED) is 0.433. The first-order valence-corrected chi connectivity index (χ1v) is 8.31. The van der Waals surface area contributed by atoms with Crippen molar-refractivity contribution in [1.29, 1.82) is 0 Å². The lowest BCUT2D eigenvalue weighted by Gasteiger charge is -2.11. The highest BCUT2D eigenvalue weighted by Crippen LogP contribution is 2.21. The Morgan fingerprint density at radius 3 is 2.38 bits per heavy atom. The zero-order valence-electron chi connectivity index (χ0n) is 14.6. The number of amides is 2. The van der Waals surface area contributed by atoms with Gasteiger partial charge in [0.05, 0.1) is 10.7 Å². The molecule has 26 heavy (non-hydrogen) atoms. The van der Waals surface area contributed by atoms with Crippen LogP contribution in [0, 0.1) is 5.92 Å². The number of nitrogens with two attached hydrogens (primary N) is 1. The van der Waals surface area contributed by atoms with Gasteiger partial charge in [0.2, 0.25) is 0 Å². The predicted molar refractivity (Wildman–Crippen MR) is 113 cm³/mol. The number of urea groups is 1. The number of halogens is 2. The number of anilines is 3. The molecule has 5 N–H and O–H groups in total. The molecule has 0 saturated carbocycles. The second-order valence-electron chi connectivity index (χ2n) is 5.88. The first kappa shape index (κ1) is 21.6. The van der Waals surface area contributed by atoms with Gasteiger partial charge in [-0.1, -0.05) is 43.6 Å². The molecule has 0 bridgehead atoms. The Hall–Kier alpha value is -2.44. The second kappa shape index (κ2) is 10.5. The van der Waals surface area contributed by atoms with Crippen LogP contribution in [-0.4, -0.2) is 18.5 Å². The minimum absolute atomic E-state index is 0. The molecule has 6 nitrogen and oxygen atoms in total. The van der Waals surface area contributed by atoms with E-state index in [4.69, 9.17) is 17.3 Å². The van der Waals surface area contributed by atoms with Crippen molar-refractivity contribution in [2.24, 2.45) is 16.6 Å². The molecule has 0 aliphatic carbocycles. The van der Waals surface area contributed by atoms with Crippen LogP contribution in [0.1, 0.15) is 13.8 Å². The topological polar surface area (TPSA) is 91.5 Å². The molecule has 0 aliphatic heterocycles. The number of nitrogens with zero attached hydrogens (tertiary/aromatic N) is 1. The lowest BCUT2D eigenvalue weighted by Crippen LogP contribution is -2.23. The van der Waals surface area contributed by atoms with E-state index in [1.165, 1.54) is 0 Å². The van der Waals surface area contributed by atoms with E-state index in [1.807, 2.05) is 12.1 Å². The van der Waals surface area contributed by atoms with Crippen LogP contribution in [0.15, 0.2) is 53.5 Å². The van der Waals surface area contributed by atoms with Gasteiger partial charge in [-0.05, 0) is 36.2 Å². The molecule has 8 heteroatoms. The number of para-hydroxylation sites is 1. The largest absolute Gasteiger partial charge is 0.370 e. The Morgan fingerprint density at radius 1 is 1.08 bits per heavy atom. The zero-order chi connectivity index (χ0) is 18.2. The smallest absolute Gasteiger partial charge is 0.323 e. The van der Waals surface area contributed by atoms with Crippen molar-refractivity contribution in [3.63, 3.8) is 0 Å². The summed E-state index contributed by atoms with van der Waals surface area (Å²) in [6.07, 6.45) is 0. The van der Waals surface area contributed by atoms with Crippen LogP contribution in [0.2, 0.25) is 5.02 Å². The summed E-state index contributed by atoms with van der Waals surface area (Å²) in [5, 5.41) is 8.93. The van der Waals surface area contributed by atoms with Gasteiger partial charge in [-0.25, -0.2) is 4.79 Å². The van der Waals surface area contributed by atoms with E-state index in [-0.39, 0.29) is 18.4 Å². The SMILES string of the molecule is CC(C)CN=C(N)Nc1cccc(NC(=O)Nc2ccccc2Cl)c1.Cl. The van der Waals surface area contributed by atoms with Crippen molar-refractivity contribution in [2.45, 2.75) is 13.8 Å². The Labute approximate surface area is 164 Å². The lowest BCUT2D eigenvalue weighted by molar-refractivity contribution is 0.262. The van der Waals surface area contributed by atoms with Crippen molar-refractivity contribution >= 4 is 53.1 Å². The molecular formula is C18H23Cl2N5O. The third-order valence-corrected chi connectivity index (χ3v) is 3.47. The van der Waals surface area contributed by atoms with Gasteiger partial charge in [0.15, 0.2) is 5.96 Å². The molecular weight excluding hydrogens is 373 g/mol. The van der Waals surface area contributed by atoms with Crippen LogP contribution >= 0.6 is 24.0 Å². The molecule has 0 unspecified atom stereocenters. The first-order chi connectivity index (χ1) is 11.9. The number of aliphatic imine (C=N–C) groups is 1. The van der Waals surface area contributed by atoms with Crippen molar-refractivity contribution in [2.75, 3.05) is 22.5 Å². The van der Waals surface area contributed by atoms with Crippen LogP contribution in [-0.2, 0) is 0 Å². The van der Waals surface area contributed by atoms with Crippen molar-refractivity contribution < 1.29 is 4.79 Å². The number of guanidine groups is 1. The van der Waals surface area contributed by atoms with Gasteiger partial charge in [-0.2, -0.15) is 0 Å². The maximum Gasteiger partial charge on any atom is 0.323 e. The number of rotatable bonds is 5. The highest BCUT2D eigenvalue weighted by Gasteiger charge is 2.06. The summed E-state index contributed by atoms with van der Waals surface area (Å²) in [5.41, 5.74) is 7.74. The fourth-order valence-corrected chi connectivity index (χ4v) is 2.17. The third kappa shape index (κ3) is 7.21. The summed E-state index contributed by atoms with van der Waals surface area (Å²) in [4.78, 5) is 16.3. The van der Waals surface area contributed by atoms with E-state index >= 15 is 0 Å². The van der Waals surface area contributed by atoms with E-state index < -0.39 is 0 Å². The van der Waals surface area contributed by atoms with Crippen LogP contribution in [0.4, 0.5) is 21.9 Å². The van der Waals surface area contributed by atoms with Crippen molar-refractivity contribution in [1.82, 2.24) is 0 Å². The Kier molecular flexibility index (Phi) is 8.75. The molecule has 2 amide bonds. The number of carbonyl (C=O) groups is 1. The highest BCUT2D eigenvalue weighted by atomic mass is 35.5. The van der Waals surface area contributed by atoms with Crippen LogP contribution < -0.4 is 21.7 Å². The van der Waals surface area contributed by atoms with Crippen LogP contribution in [0.3, 0.4) is 0 Å². The molecule has 2 rings (SSSR count). The van der Waals surface area contributed by atoms with E-state index in [9.17, 15) is 4.79 Å². The summed E-state index contributed by atoms with van der Waals surface area (Å²) in [6.45, 7) is 4.79. The molecule has 0 heterocycles. The third-order valence-electron chi connectivity index (χ3n) is 3.14. The van der Waals surface area contributed by atoms with Gasteiger partial charge < -0.3 is 21.7 Å². The standard InChI is InChI=1S/C18H22ClN5O.ClH/c1-12(2)11-21-17(20)22-13-6-5-7-14(10-13)23-18(25)24-16-9-4-3-8-15(16)19;/h3-10,12H,11H2,1-2H3,(H3,20,21,22)(H2,23,24,25);1H. The minimum Gasteiger partial charge on any atom is -0.370 e.